The van der Waals surface area contributed by atoms with Crippen molar-refractivity contribution >= 4 is 23.2 Å². The first-order chi connectivity index (χ1) is 14.3. The molecule has 0 heterocycles. The van der Waals surface area contributed by atoms with Crippen LogP contribution >= 0.6 is 0 Å². The fraction of sp³-hybridized carbons (Fsp3) is 0.167. The van der Waals surface area contributed by atoms with Crippen LogP contribution in [0.25, 0.3) is 0 Å². The molecule has 0 spiro atoms. The minimum absolute atomic E-state index is 0.110. The molecular formula is C24H26N4O2. The second-order valence-corrected chi connectivity index (χ2v) is 7.38. The van der Waals surface area contributed by atoms with Crippen LogP contribution in [-0.2, 0) is 13.1 Å². The van der Waals surface area contributed by atoms with Gasteiger partial charge < -0.3 is 21.3 Å². The van der Waals surface area contributed by atoms with Crippen molar-refractivity contribution in [3.63, 3.8) is 0 Å². The van der Waals surface area contributed by atoms with Crippen LogP contribution in [0, 0.1) is 0 Å². The van der Waals surface area contributed by atoms with E-state index >= 15 is 0 Å². The molecule has 0 fully saturated rings. The highest BCUT2D eigenvalue weighted by Gasteiger charge is 2.15. The molecule has 6 nitrogen and oxygen atoms in total. The third-order valence-corrected chi connectivity index (χ3v) is 4.87. The minimum Gasteiger partial charge on any atom is -0.399 e. The largest absolute Gasteiger partial charge is 0.399 e. The lowest BCUT2D eigenvalue weighted by atomic mass is 10.1. The molecule has 0 saturated carbocycles. The Bertz CT molecular complexity index is 928. The topological polar surface area (TPSA) is 92.7 Å². The molecule has 0 aromatic heterocycles. The molecule has 0 saturated heterocycles. The summed E-state index contributed by atoms with van der Waals surface area (Å²) in [5.74, 6) is -0.220. The lowest BCUT2D eigenvalue weighted by Gasteiger charge is -2.19. The quantitative estimate of drug-likeness (QED) is 0.618. The van der Waals surface area contributed by atoms with Crippen molar-refractivity contribution in [1.82, 2.24) is 9.80 Å². The lowest BCUT2D eigenvalue weighted by Crippen LogP contribution is -2.27. The average Bonchev–Trinajstić information content (AvgIpc) is 2.76. The van der Waals surface area contributed by atoms with Crippen LogP contribution in [0.15, 0.2) is 72.8 Å². The number of carbonyl (C=O) groups is 2. The summed E-state index contributed by atoms with van der Waals surface area (Å²) in [6.45, 7) is 0.953. The van der Waals surface area contributed by atoms with E-state index in [9.17, 15) is 9.59 Å². The van der Waals surface area contributed by atoms with E-state index in [2.05, 4.69) is 0 Å². The van der Waals surface area contributed by atoms with Gasteiger partial charge in [0.25, 0.3) is 11.8 Å². The first-order valence-electron chi connectivity index (χ1n) is 9.63. The highest BCUT2D eigenvalue weighted by molar-refractivity contribution is 5.97. The SMILES string of the molecule is CN(Cc1ccc(N)cc1)C(=O)c1ccc(C(=O)N(C)Cc2ccc(N)cc2)cc1. The smallest absolute Gasteiger partial charge is 0.253 e. The Morgan fingerprint density at radius 1 is 0.600 bits per heavy atom. The van der Waals surface area contributed by atoms with Crippen LogP contribution < -0.4 is 11.5 Å². The zero-order valence-electron chi connectivity index (χ0n) is 17.2. The molecule has 3 aromatic carbocycles. The molecular weight excluding hydrogens is 376 g/mol. The van der Waals surface area contributed by atoms with Gasteiger partial charge in [-0.2, -0.15) is 0 Å². The van der Waals surface area contributed by atoms with Crippen molar-refractivity contribution in [3.8, 4) is 0 Å². The van der Waals surface area contributed by atoms with Crippen LogP contribution in [0.5, 0.6) is 0 Å². The maximum atomic E-state index is 12.7. The van der Waals surface area contributed by atoms with E-state index in [4.69, 9.17) is 11.5 Å². The predicted molar refractivity (Wildman–Crippen MR) is 120 cm³/mol. The fourth-order valence-electron chi connectivity index (χ4n) is 3.13. The van der Waals surface area contributed by atoms with Crippen molar-refractivity contribution in [2.45, 2.75) is 13.1 Å². The van der Waals surface area contributed by atoms with E-state index in [0.717, 1.165) is 11.1 Å². The van der Waals surface area contributed by atoms with Crippen molar-refractivity contribution in [3.05, 3.63) is 95.1 Å². The molecule has 4 N–H and O–H groups in total. The van der Waals surface area contributed by atoms with Crippen LogP contribution in [-0.4, -0.2) is 35.7 Å². The Morgan fingerprint density at radius 3 is 1.20 bits per heavy atom. The van der Waals surface area contributed by atoms with Crippen LogP contribution in [0.3, 0.4) is 0 Å². The molecule has 0 radical (unpaired) electrons. The van der Waals surface area contributed by atoms with Crippen LogP contribution in [0.4, 0.5) is 11.4 Å². The number of anilines is 2. The number of benzene rings is 3. The van der Waals surface area contributed by atoms with Gasteiger partial charge in [0.15, 0.2) is 0 Å². The molecule has 2 amide bonds. The lowest BCUT2D eigenvalue weighted by molar-refractivity contribution is 0.0773. The van der Waals surface area contributed by atoms with E-state index in [1.165, 1.54) is 0 Å². The zero-order valence-corrected chi connectivity index (χ0v) is 17.2. The number of hydrogen-bond acceptors (Lipinski definition) is 4. The van der Waals surface area contributed by atoms with Gasteiger partial charge in [-0.15, -0.1) is 0 Å². The highest BCUT2D eigenvalue weighted by atomic mass is 16.2. The number of nitrogens with zero attached hydrogens (tertiary/aromatic N) is 2. The van der Waals surface area contributed by atoms with Crippen molar-refractivity contribution in [2.24, 2.45) is 0 Å². The van der Waals surface area contributed by atoms with Crippen molar-refractivity contribution in [2.75, 3.05) is 25.6 Å². The van der Waals surface area contributed by atoms with E-state index in [1.54, 1.807) is 48.2 Å². The van der Waals surface area contributed by atoms with Gasteiger partial charge in [-0.25, -0.2) is 0 Å². The Labute approximate surface area is 176 Å². The number of carbonyl (C=O) groups excluding carboxylic acids is 2. The van der Waals surface area contributed by atoms with Gasteiger partial charge in [0.05, 0.1) is 0 Å². The van der Waals surface area contributed by atoms with E-state index in [0.29, 0.717) is 35.6 Å². The molecule has 0 atom stereocenters. The molecule has 0 unspecified atom stereocenters. The third-order valence-electron chi connectivity index (χ3n) is 4.87. The Morgan fingerprint density at radius 2 is 0.900 bits per heavy atom. The first kappa shape index (κ1) is 20.9. The van der Waals surface area contributed by atoms with Crippen LogP contribution in [0.2, 0.25) is 0 Å². The van der Waals surface area contributed by atoms with Crippen LogP contribution in [0.1, 0.15) is 31.8 Å². The Balaban J connectivity index is 1.62. The molecule has 0 aliphatic heterocycles. The average molecular weight is 402 g/mol. The van der Waals surface area contributed by atoms with E-state index in [-0.39, 0.29) is 11.8 Å². The standard InChI is InChI=1S/C24H26N4O2/c1-27(15-17-3-11-21(25)12-4-17)23(29)19-7-9-20(10-8-19)24(30)28(2)16-18-5-13-22(26)14-6-18/h3-14H,15-16,25-26H2,1-2H3. The normalized spacial score (nSPS) is 10.5. The molecule has 0 aliphatic carbocycles. The zero-order chi connectivity index (χ0) is 21.7. The summed E-state index contributed by atoms with van der Waals surface area (Å²) in [6.07, 6.45) is 0. The monoisotopic (exact) mass is 402 g/mol. The number of nitrogens with two attached hydrogens (primary N) is 2. The van der Waals surface area contributed by atoms with Crippen molar-refractivity contribution in [1.29, 1.82) is 0 Å². The Hall–Kier alpha value is -3.80. The number of rotatable bonds is 6. The summed E-state index contributed by atoms with van der Waals surface area (Å²) in [4.78, 5) is 28.7. The summed E-state index contributed by atoms with van der Waals surface area (Å²) in [6, 6.07) is 21.6. The van der Waals surface area contributed by atoms with Gasteiger partial charge in [-0.3, -0.25) is 9.59 Å². The molecule has 3 aromatic rings. The summed E-state index contributed by atoms with van der Waals surface area (Å²) < 4.78 is 0. The fourth-order valence-corrected chi connectivity index (χ4v) is 3.13. The summed E-state index contributed by atoms with van der Waals surface area (Å²) in [5, 5.41) is 0. The number of nitrogen functional groups attached to an aromatic ring is 2. The molecule has 0 bridgehead atoms. The summed E-state index contributed by atoms with van der Waals surface area (Å²) in [7, 11) is 3.50. The predicted octanol–water partition coefficient (Wildman–Crippen LogP) is 3.40. The van der Waals surface area contributed by atoms with E-state index in [1.807, 2.05) is 48.5 Å². The molecule has 3 rings (SSSR count). The highest BCUT2D eigenvalue weighted by Crippen LogP contribution is 2.14. The molecule has 0 aliphatic rings. The van der Waals surface area contributed by atoms with Gasteiger partial charge in [0, 0.05) is 49.7 Å². The van der Waals surface area contributed by atoms with Gasteiger partial charge in [0.2, 0.25) is 0 Å². The number of hydrogen-bond donors (Lipinski definition) is 2. The molecule has 30 heavy (non-hydrogen) atoms. The Kier molecular flexibility index (Phi) is 6.37. The number of amides is 2. The first-order valence-corrected chi connectivity index (χ1v) is 9.63. The minimum atomic E-state index is -0.110. The second-order valence-electron chi connectivity index (χ2n) is 7.38. The molecule has 6 heteroatoms. The van der Waals surface area contributed by atoms with Gasteiger partial charge in [0.1, 0.15) is 0 Å². The van der Waals surface area contributed by atoms with Crippen molar-refractivity contribution < 1.29 is 9.59 Å². The third kappa shape index (κ3) is 5.17. The summed E-state index contributed by atoms with van der Waals surface area (Å²) in [5.41, 5.74) is 15.8. The van der Waals surface area contributed by atoms with E-state index < -0.39 is 0 Å². The second kappa shape index (κ2) is 9.13. The maximum absolute atomic E-state index is 12.7. The van der Waals surface area contributed by atoms with Gasteiger partial charge in [-0.05, 0) is 59.7 Å². The maximum Gasteiger partial charge on any atom is 0.253 e. The van der Waals surface area contributed by atoms with Gasteiger partial charge in [-0.1, -0.05) is 24.3 Å². The molecule has 154 valence electrons. The van der Waals surface area contributed by atoms with Gasteiger partial charge >= 0.3 is 0 Å². The summed E-state index contributed by atoms with van der Waals surface area (Å²) >= 11 is 0.